The molecule has 7 nitrogen and oxygen atoms in total. The summed E-state index contributed by atoms with van der Waals surface area (Å²) in [5, 5.41) is 10.3. The Hall–Kier alpha value is -1.47. The molecule has 0 radical (unpaired) electrons. The molecule has 0 saturated heterocycles. The lowest BCUT2D eigenvalue weighted by molar-refractivity contribution is 0.0939. The maximum absolute atomic E-state index is 11.6. The number of nitrogens with one attached hydrogen (secondary N) is 1. The second-order valence-corrected chi connectivity index (χ2v) is 3.46. The zero-order valence-corrected chi connectivity index (χ0v) is 10.1. The van der Waals surface area contributed by atoms with Gasteiger partial charge in [-0.25, -0.2) is 0 Å². The predicted molar refractivity (Wildman–Crippen MR) is 62.5 cm³/mol. The summed E-state index contributed by atoms with van der Waals surface area (Å²) in [7, 11) is 0. The number of ether oxygens (including phenoxy) is 1. The lowest BCUT2D eigenvalue weighted by Crippen LogP contribution is -2.25. The molecule has 17 heavy (non-hydrogen) atoms. The van der Waals surface area contributed by atoms with Gasteiger partial charge >= 0.3 is 0 Å². The van der Waals surface area contributed by atoms with Crippen molar-refractivity contribution in [3.05, 3.63) is 11.9 Å². The molecule has 3 N–H and O–H groups in total. The van der Waals surface area contributed by atoms with Crippen LogP contribution in [-0.4, -0.2) is 47.2 Å². The van der Waals surface area contributed by atoms with Gasteiger partial charge in [-0.3, -0.25) is 9.48 Å². The molecule has 0 atom stereocenters. The highest BCUT2D eigenvalue weighted by molar-refractivity contribution is 5.91. The van der Waals surface area contributed by atoms with Crippen LogP contribution in [0, 0.1) is 0 Å². The van der Waals surface area contributed by atoms with E-state index in [9.17, 15) is 4.79 Å². The third-order valence-electron chi connectivity index (χ3n) is 2.08. The monoisotopic (exact) mass is 241 g/mol. The summed E-state index contributed by atoms with van der Waals surface area (Å²) in [5.74, 6) is -0.218. The third kappa shape index (κ3) is 4.92. The van der Waals surface area contributed by atoms with Crippen molar-refractivity contribution in [2.75, 3.05) is 26.3 Å². The van der Waals surface area contributed by atoms with E-state index in [4.69, 9.17) is 10.5 Å². The highest BCUT2D eigenvalue weighted by Crippen LogP contribution is 1.92. The molecule has 0 aliphatic carbocycles. The van der Waals surface area contributed by atoms with Gasteiger partial charge in [0.05, 0.1) is 12.7 Å². The average molecular weight is 241 g/mol. The van der Waals surface area contributed by atoms with Crippen LogP contribution in [0.3, 0.4) is 0 Å². The lowest BCUT2D eigenvalue weighted by atomic mass is 10.4. The number of hydrogen-bond acceptors (Lipinski definition) is 5. The van der Waals surface area contributed by atoms with E-state index in [1.54, 1.807) is 10.9 Å². The molecule has 0 saturated carbocycles. The minimum Gasteiger partial charge on any atom is -0.382 e. The Labute approximate surface area is 100 Å². The van der Waals surface area contributed by atoms with Crippen molar-refractivity contribution in [2.24, 2.45) is 5.73 Å². The first-order valence-electron chi connectivity index (χ1n) is 5.74. The van der Waals surface area contributed by atoms with Crippen molar-refractivity contribution >= 4 is 5.91 Å². The highest BCUT2D eigenvalue weighted by atomic mass is 16.5. The first-order valence-corrected chi connectivity index (χ1v) is 5.74. The van der Waals surface area contributed by atoms with Gasteiger partial charge in [0.15, 0.2) is 5.69 Å². The normalized spacial score (nSPS) is 10.5. The van der Waals surface area contributed by atoms with Crippen molar-refractivity contribution in [2.45, 2.75) is 19.9 Å². The predicted octanol–water partition coefficient (Wildman–Crippen LogP) is -0.607. The molecule has 0 unspecified atom stereocenters. The van der Waals surface area contributed by atoms with E-state index in [2.05, 4.69) is 15.6 Å². The highest BCUT2D eigenvalue weighted by Gasteiger charge is 2.09. The second kappa shape index (κ2) is 7.75. The van der Waals surface area contributed by atoms with Crippen LogP contribution in [0.25, 0.3) is 0 Å². The molecule has 1 amide bonds. The van der Waals surface area contributed by atoms with Gasteiger partial charge in [0.1, 0.15) is 0 Å². The number of aromatic nitrogens is 3. The fourth-order valence-electron chi connectivity index (χ4n) is 1.26. The van der Waals surface area contributed by atoms with Gasteiger partial charge in [-0.05, 0) is 13.3 Å². The SMILES string of the molecule is CCOCCCNC(=O)c1cn(CCN)nn1. The molecule has 0 aliphatic rings. The van der Waals surface area contributed by atoms with Gasteiger partial charge in [-0.2, -0.15) is 0 Å². The molecule has 1 rings (SSSR count). The van der Waals surface area contributed by atoms with Gasteiger partial charge in [-0.1, -0.05) is 5.21 Å². The quantitative estimate of drug-likeness (QED) is 0.592. The van der Waals surface area contributed by atoms with Crippen LogP contribution in [0.1, 0.15) is 23.8 Å². The van der Waals surface area contributed by atoms with Crippen molar-refractivity contribution in [1.82, 2.24) is 20.3 Å². The second-order valence-electron chi connectivity index (χ2n) is 3.46. The molecular formula is C10H19N5O2. The van der Waals surface area contributed by atoms with Crippen molar-refractivity contribution in [3.63, 3.8) is 0 Å². The summed E-state index contributed by atoms with van der Waals surface area (Å²) in [4.78, 5) is 11.6. The van der Waals surface area contributed by atoms with E-state index < -0.39 is 0 Å². The van der Waals surface area contributed by atoms with E-state index in [0.717, 1.165) is 6.42 Å². The van der Waals surface area contributed by atoms with Crippen LogP contribution < -0.4 is 11.1 Å². The van der Waals surface area contributed by atoms with Crippen LogP contribution in [0.4, 0.5) is 0 Å². The third-order valence-corrected chi connectivity index (χ3v) is 2.08. The zero-order valence-electron chi connectivity index (χ0n) is 10.1. The molecule has 0 bridgehead atoms. The Balaban J connectivity index is 2.26. The lowest BCUT2D eigenvalue weighted by Gasteiger charge is -2.02. The van der Waals surface area contributed by atoms with E-state index in [0.29, 0.717) is 38.5 Å². The van der Waals surface area contributed by atoms with Crippen molar-refractivity contribution in [3.8, 4) is 0 Å². The maximum Gasteiger partial charge on any atom is 0.273 e. The fraction of sp³-hybridized carbons (Fsp3) is 0.700. The summed E-state index contributed by atoms with van der Waals surface area (Å²) in [6, 6.07) is 0. The largest absolute Gasteiger partial charge is 0.382 e. The minimum atomic E-state index is -0.218. The summed E-state index contributed by atoms with van der Waals surface area (Å²) < 4.78 is 6.71. The molecular weight excluding hydrogens is 222 g/mol. The number of nitrogens with zero attached hydrogens (tertiary/aromatic N) is 3. The van der Waals surface area contributed by atoms with Gasteiger partial charge in [0, 0.05) is 26.3 Å². The Morgan fingerprint density at radius 3 is 3.18 bits per heavy atom. The Morgan fingerprint density at radius 1 is 1.65 bits per heavy atom. The smallest absolute Gasteiger partial charge is 0.273 e. The molecule has 96 valence electrons. The van der Waals surface area contributed by atoms with Crippen LogP contribution in [-0.2, 0) is 11.3 Å². The van der Waals surface area contributed by atoms with Crippen LogP contribution in [0.5, 0.6) is 0 Å². The zero-order chi connectivity index (χ0) is 12.5. The Morgan fingerprint density at radius 2 is 2.47 bits per heavy atom. The average Bonchev–Trinajstić information content (AvgIpc) is 2.78. The van der Waals surface area contributed by atoms with Crippen molar-refractivity contribution < 1.29 is 9.53 Å². The summed E-state index contributed by atoms with van der Waals surface area (Å²) in [6.45, 7) is 4.89. The number of hydrogen-bond donors (Lipinski definition) is 2. The Bertz CT molecular complexity index is 339. The topological polar surface area (TPSA) is 95.1 Å². The molecule has 1 aromatic rings. The molecule has 0 spiro atoms. The molecule has 1 aromatic heterocycles. The van der Waals surface area contributed by atoms with Gasteiger partial charge in [0.25, 0.3) is 5.91 Å². The molecule has 1 heterocycles. The van der Waals surface area contributed by atoms with Gasteiger partial charge < -0.3 is 15.8 Å². The van der Waals surface area contributed by atoms with E-state index in [1.807, 2.05) is 6.92 Å². The molecule has 0 aliphatic heterocycles. The molecule has 0 aromatic carbocycles. The van der Waals surface area contributed by atoms with E-state index in [-0.39, 0.29) is 5.91 Å². The fourth-order valence-corrected chi connectivity index (χ4v) is 1.26. The number of nitrogens with two attached hydrogens (primary N) is 1. The summed E-state index contributed by atoms with van der Waals surface area (Å²) in [6.07, 6.45) is 2.38. The maximum atomic E-state index is 11.6. The summed E-state index contributed by atoms with van der Waals surface area (Å²) in [5.41, 5.74) is 5.68. The standard InChI is InChI=1S/C10H19N5O2/c1-2-17-7-3-5-12-10(16)9-8-15(6-4-11)14-13-9/h8H,2-7,11H2,1H3,(H,12,16). The number of carbonyl (C=O) groups is 1. The molecule has 7 heteroatoms. The van der Waals surface area contributed by atoms with Crippen LogP contribution >= 0.6 is 0 Å². The first kappa shape index (κ1) is 13.6. The van der Waals surface area contributed by atoms with E-state index >= 15 is 0 Å². The van der Waals surface area contributed by atoms with Gasteiger partial charge in [0.2, 0.25) is 0 Å². The van der Waals surface area contributed by atoms with Crippen LogP contribution in [0.2, 0.25) is 0 Å². The van der Waals surface area contributed by atoms with Crippen LogP contribution in [0.15, 0.2) is 6.20 Å². The van der Waals surface area contributed by atoms with E-state index in [1.165, 1.54) is 0 Å². The Kier molecular flexibility index (Phi) is 6.19. The minimum absolute atomic E-state index is 0.218. The number of rotatable bonds is 8. The first-order chi connectivity index (χ1) is 8.27. The van der Waals surface area contributed by atoms with Gasteiger partial charge in [-0.15, -0.1) is 5.10 Å². The number of carbonyl (C=O) groups excluding carboxylic acids is 1. The summed E-state index contributed by atoms with van der Waals surface area (Å²) >= 11 is 0. The molecule has 0 fully saturated rings. The van der Waals surface area contributed by atoms with Crippen molar-refractivity contribution in [1.29, 1.82) is 0 Å². The number of amides is 1.